The summed E-state index contributed by atoms with van der Waals surface area (Å²) in [4.78, 5) is 0. The van der Waals surface area contributed by atoms with E-state index in [9.17, 15) is 0 Å². The average Bonchev–Trinajstić information content (AvgIpc) is 3.16. The fourth-order valence-electron chi connectivity index (χ4n) is 13.0. The van der Waals surface area contributed by atoms with Crippen molar-refractivity contribution < 1.29 is 0 Å². The lowest BCUT2D eigenvalue weighted by Gasteiger charge is -2.68. The van der Waals surface area contributed by atoms with E-state index in [1.54, 1.807) is 0 Å². The van der Waals surface area contributed by atoms with Gasteiger partial charge in [-0.25, -0.2) is 0 Å². The number of hydrogen-bond donors (Lipinski definition) is 4. The lowest BCUT2D eigenvalue weighted by molar-refractivity contribution is -0.132. The zero-order valence-electron chi connectivity index (χ0n) is 33.2. The Bertz CT molecular complexity index is 751. The molecule has 4 aliphatic carbocycles. The van der Waals surface area contributed by atoms with E-state index in [2.05, 4.69) is 6.92 Å². The summed E-state index contributed by atoms with van der Waals surface area (Å²) in [5.74, 6) is 3.28. The molecule has 4 aliphatic rings. The summed E-state index contributed by atoms with van der Waals surface area (Å²) in [6.45, 7) is 4.19. The van der Waals surface area contributed by atoms with Crippen molar-refractivity contribution in [2.24, 2.45) is 57.9 Å². The molecule has 8 N–H and O–H groups in total. The first-order chi connectivity index (χ1) is 24.0. The van der Waals surface area contributed by atoms with Gasteiger partial charge in [-0.1, -0.05) is 142 Å². The molecule has 4 heteroatoms. The topological polar surface area (TPSA) is 104 Å². The second-order valence-electron chi connectivity index (χ2n) is 18.4. The van der Waals surface area contributed by atoms with Crippen molar-refractivity contribution in [3.63, 3.8) is 0 Å². The van der Waals surface area contributed by atoms with Crippen LogP contribution >= 0.6 is 0 Å². The monoisotopic (exact) mass is 685 g/mol. The molecule has 4 nitrogen and oxygen atoms in total. The third-order valence-corrected chi connectivity index (χ3v) is 15.6. The van der Waals surface area contributed by atoms with Gasteiger partial charge < -0.3 is 22.9 Å². The van der Waals surface area contributed by atoms with Crippen LogP contribution in [0, 0.1) is 35.0 Å². The Hall–Kier alpha value is -0.160. The molecule has 0 aromatic carbocycles. The Morgan fingerprint density at radius 2 is 0.796 bits per heavy atom. The third kappa shape index (κ3) is 10.5. The van der Waals surface area contributed by atoms with E-state index in [4.69, 9.17) is 22.9 Å². The number of unbranched alkanes of at least 4 members (excludes halogenated alkanes) is 7. The van der Waals surface area contributed by atoms with Crippen molar-refractivity contribution in [2.75, 3.05) is 13.1 Å². The molecular weight excluding hydrogens is 597 g/mol. The Kier molecular flexibility index (Phi) is 18.8. The normalized spacial score (nSPS) is 22.5. The summed E-state index contributed by atoms with van der Waals surface area (Å²) in [6.07, 6.45) is 45.8. The zero-order chi connectivity index (χ0) is 34.8. The van der Waals surface area contributed by atoms with Crippen molar-refractivity contribution in [1.82, 2.24) is 0 Å². The van der Waals surface area contributed by atoms with Gasteiger partial charge in [-0.3, -0.25) is 0 Å². The lowest BCUT2D eigenvalue weighted by Crippen LogP contribution is -2.78. The molecule has 0 aromatic heterocycles. The van der Waals surface area contributed by atoms with Gasteiger partial charge in [0.2, 0.25) is 0 Å². The first-order valence-corrected chi connectivity index (χ1v) is 23.0. The van der Waals surface area contributed by atoms with E-state index >= 15 is 0 Å². The molecule has 0 saturated heterocycles. The van der Waals surface area contributed by atoms with Crippen LogP contribution in [0.5, 0.6) is 0 Å². The molecular formula is C45H88N4. The average molecular weight is 685 g/mol. The van der Waals surface area contributed by atoms with E-state index in [0.29, 0.717) is 29.6 Å². The van der Waals surface area contributed by atoms with Gasteiger partial charge in [0.25, 0.3) is 0 Å². The quantitative estimate of drug-likeness (QED) is 0.0804. The molecule has 0 spiro atoms. The van der Waals surface area contributed by atoms with Crippen LogP contribution in [-0.4, -0.2) is 24.2 Å². The summed E-state index contributed by atoms with van der Waals surface area (Å²) in [5, 5.41) is 0. The maximum atomic E-state index is 8.61. The fraction of sp³-hybridized carbons (Fsp3) is 1.00. The van der Waals surface area contributed by atoms with Gasteiger partial charge in [0.05, 0.1) is 0 Å². The van der Waals surface area contributed by atoms with E-state index in [0.717, 1.165) is 13.1 Å². The lowest BCUT2D eigenvalue weighted by atomic mass is 9.40. The van der Waals surface area contributed by atoms with Crippen molar-refractivity contribution in [3.05, 3.63) is 0 Å². The van der Waals surface area contributed by atoms with Crippen LogP contribution in [0.2, 0.25) is 0 Å². The predicted molar refractivity (Wildman–Crippen MR) is 214 cm³/mol. The molecule has 0 aromatic rings. The van der Waals surface area contributed by atoms with Gasteiger partial charge in [0.1, 0.15) is 0 Å². The molecule has 0 radical (unpaired) electrons. The van der Waals surface area contributed by atoms with E-state index in [-0.39, 0.29) is 16.5 Å². The molecule has 4 fully saturated rings. The highest BCUT2D eigenvalue weighted by molar-refractivity contribution is 5.22. The van der Waals surface area contributed by atoms with Crippen LogP contribution in [0.25, 0.3) is 0 Å². The predicted octanol–water partition coefficient (Wildman–Crippen LogP) is 11.7. The number of rotatable bonds is 23. The molecule has 0 heterocycles. The molecule has 49 heavy (non-hydrogen) atoms. The minimum Gasteiger partial charge on any atom is -0.330 e. The number of nitrogens with two attached hydrogens (primary N) is 4. The number of hydrogen-bond acceptors (Lipinski definition) is 4. The van der Waals surface area contributed by atoms with Crippen molar-refractivity contribution in [2.45, 2.75) is 236 Å². The van der Waals surface area contributed by atoms with Crippen LogP contribution < -0.4 is 22.9 Å². The minimum absolute atomic E-state index is 0.0326. The van der Waals surface area contributed by atoms with E-state index < -0.39 is 0 Å². The Balaban J connectivity index is 1.61. The first kappa shape index (κ1) is 41.6. The SMILES string of the molecule is CCCC(CCCCC(CN)CCCCCCCCCN)(C(N)(C1CCCCC1)C1CCCCC1)C(N)(C1CCCCC1)C1CCCCC1. The maximum Gasteiger partial charge on any atom is 0.0286 e. The van der Waals surface area contributed by atoms with Crippen LogP contribution in [-0.2, 0) is 0 Å². The fourth-order valence-corrected chi connectivity index (χ4v) is 13.0. The van der Waals surface area contributed by atoms with E-state index in [1.807, 2.05) is 0 Å². The van der Waals surface area contributed by atoms with Gasteiger partial charge in [0, 0.05) is 16.5 Å². The second kappa shape index (κ2) is 22.1. The zero-order valence-corrected chi connectivity index (χ0v) is 33.2. The molecule has 0 bridgehead atoms. The summed E-state index contributed by atoms with van der Waals surface area (Å²) < 4.78 is 0. The van der Waals surface area contributed by atoms with E-state index in [1.165, 1.54) is 218 Å². The smallest absolute Gasteiger partial charge is 0.0286 e. The van der Waals surface area contributed by atoms with Crippen molar-refractivity contribution >= 4 is 0 Å². The molecule has 0 aliphatic heterocycles. The largest absolute Gasteiger partial charge is 0.330 e. The second-order valence-corrected chi connectivity index (χ2v) is 18.4. The van der Waals surface area contributed by atoms with Gasteiger partial charge in [0.15, 0.2) is 0 Å². The molecule has 4 rings (SSSR count). The molecule has 1 unspecified atom stereocenters. The Labute approximate surface area is 306 Å². The summed E-state index contributed by atoms with van der Waals surface area (Å²) in [6, 6.07) is 0. The Morgan fingerprint density at radius 1 is 0.449 bits per heavy atom. The molecule has 4 saturated carbocycles. The highest BCUT2D eigenvalue weighted by Gasteiger charge is 2.66. The standard InChI is InChI=1S/C45H88N4/c1-2-34-43(44(48,39-26-13-8-14-27-39)40-28-15-9-16-29-40,45(49,41-30-17-10-18-31-41)42-32-19-11-20-33-42)35-22-21-25-38(37-47)24-12-6-4-3-5-7-23-36-46/h38-42H,2-37,46-49H2,1H3. The summed E-state index contributed by atoms with van der Waals surface area (Å²) in [5.41, 5.74) is 29.1. The van der Waals surface area contributed by atoms with Crippen LogP contribution in [0.4, 0.5) is 0 Å². The highest BCUT2D eigenvalue weighted by atomic mass is 15.0. The third-order valence-electron chi connectivity index (χ3n) is 15.6. The van der Waals surface area contributed by atoms with Crippen LogP contribution in [0.1, 0.15) is 225 Å². The van der Waals surface area contributed by atoms with Crippen molar-refractivity contribution in [3.8, 4) is 0 Å². The van der Waals surface area contributed by atoms with Crippen LogP contribution in [0.15, 0.2) is 0 Å². The van der Waals surface area contributed by atoms with Gasteiger partial charge in [-0.2, -0.15) is 0 Å². The molecule has 288 valence electrons. The first-order valence-electron chi connectivity index (χ1n) is 23.0. The summed E-state index contributed by atoms with van der Waals surface area (Å²) >= 11 is 0. The van der Waals surface area contributed by atoms with Crippen molar-refractivity contribution in [1.29, 1.82) is 0 Å². The molecule has 1 atom stereocenters. The Morgan fingerprint density at radius 3 is 1.14 bits per heavy atom. The highest BCUT2D eigenvalue weighted by Crippen LogP contribution is 2.64. The minimum atomic E-state index is -0.134. The van der Waals surface area contributed by atoms with Gasteiger partial charge in [-0.15, -0.1) is 0 Å². The van der Waals surface area contributed by atoms with Crippen LogP contribution in [0.3, 0.4) is 0 Å². The maximum absolute atomic E-state index is 8.61. The summed E-state index contributed by atoms with van der Waals surface area (Å²) in [7, 11) is 0. The van der Waals surface area contributed by atoms with Gasteiger partial charge >= 0.3 is 0 Å². The van der Waals surface area contributed by atoms with Gasteiger partial charge in [-0.05, 0) is 126 Å². The molecule has 0 amide bonds.